The first kappa shape index (κ1) is 12.6. The minimum Gasteiger partial charge on any atom is -0.300 e. The van der Waals surface area contributed by atoms with Crippen LogP contribution < -0.4 is 0 Å². The lowest BCUT2D eigenvalue weighted by Gasteiger charge is -2.28. The van der Waals surface area contributed by atoms with Crippen molar-refractivity contribution in [3.05, 3.63) is 35.6 Å². The van der Waals surface area contributed by atoms with Gasteiger partial charge in [0.05, 0.1) is 0 Å². The van der Waals surface area contributed by atoms with E-state index in [1.165, 1.54) is 31.4 Å². The second kappa shape index (κ2) is 5.63. The van der Waals surface area contributed by atoms with Crippen LogP contribution in [0.3, 0.4) is 0 Å². The molecule has 2 heteroatoms. The molecule has 0 radical (unpaired) electrons. The van der Waals surface area contributed by atoms with Gasteiger partial charge in [-0.1, -0.05) is 18.6 Å². The maximum Gasteiger partial charge on any atom is 0.123 e. The summed E-state index contributed by atoms with van der Waals surface area (Å²) < 4.78 is 12.9. The lowest BCUT2D eigenvalue weighted by Crippen LogP contribution is -2.33. The standard InChI is InChI=1S/C15H22FN/c1-12(2)17-10-4-3-5-14(11-17)13-6-8-15(16)9-7-13/h6-9,12,14H,3-5,10-11H2,1-2H3. The molecule has 1 unspecified atom stereocenters. The van der Waals surface area contributed by atoms with E-state index in [2.05, 4.69) is 18.7 Å². The molecule has 1 aliphatic heterocycles. The quantitative estimate of drug-likeness (QED) is 0.753. The van der Waals surface area contributed by atoms with E-state index >= 15 is 0 Å². The second-order valence-electron chi connectivity index (χ2n) is 5.33. The summed E-state index contributed by atoms with van der Waals surface area (Å²) in [5.41, 5.74) is 1.29. The molecule has 17 heavy (non-hydrogen) atoms. The fourth-order valence-corrected chi connectivity index (χ4v) is 2.65. The van der Waals surface area contributed by atoms with Gasteiger partial charge in [-0.05, 0) is 56.8 Å². The third kappa shape index (κ3) is 3.29. The fraction of sp³-hybridized carbons (Fsp3) is 0.600. The zero-order valence-electron chi connectivity index (χ0n) is 10.8. The topological polar surface area (TPSA) is 3.24 Å². The van der Waals surface area contributed by atoms with Crippen LogP contribution in [-0.2, 0) is 0 Å². The zero-order valence-corrected chi connectivity index (χ0v) is 10.8. The summed E-state index contributed by atoms with van der Waals surface area (Å²) >= 11 is 0. The molecule has 0 saturated carbocycles. The van der Waals surface area contributed by atoms with Crippen molar-refractivity contribution in [1.82, 2.24) is 4.90 Å². The van der Waals surface area contributed by atoms with Gasteiger partial charge in [0.1, 0.15) is 5.82 Å². The molecule has 0 amide bonds. The fourth-order valence-electron chi connectivity index (χ4n) is 2.65. The van der Waals surface area contributed by atoms with E-state index in [-0.39, 0.29) is 5.82 Å². The van der Waals surface area contributed by atoms with E-state index in [0.717, 1.165) is 6.54 Å². The van der Waals surface area contributed by atoms with Gasteiger partial charge in [-0.2, -0.15) is 0 Å². The molecule has 1 aromatic rings. The Morgan fingerprint density at radius 3 is 2.53 bits per heavy atom. The van der Waals surface area contributed by atoms with Crippen LogP contribution in [0.2, 0.25) is 0 Å². The van der Waals surface area contributed by atoms with E-state index < -0.39 is 0 Å². The lowest BCUT2D eigenvalue weighted by molar-refractivity contribution is 0.221. The van der Waals surface area contributed by atoms with Gasteiger partial charge in [-0.3, -0.25) is 0 Å². The third-order valence-electron chi connectivity index (χ3n) is 3.77. The van der Waals surface area contributed by atoms with Crippen molar-refractivity contribution in [2.45, 2.75) is 45.1 Å². The number of nitrogens with zero attached hydrogens (tertiary/aromatic N) is 1. The minimum atomic E-state index is -0.136. The van der Waals surface area contributed by atoms with Crippen molar-refractivity contribution < 1.29 is 4.39 Å². The van der Waals surface area contributed by atoms with E-state index in [1.807, 2.05) is 12.1 Å². The number of benzene rings is 1. The maximum absolute atomic E-state index is 12.9. The van der Waals surface area contributed by atoms with Gasteiger partial charge >= 0.3 is 0 Å². The highest BCUT2D eigenvalue weighted by atomic mass is 19.1. The molecule has 1 atom stereocenters. The molecule has 1 heterocycles. The highest BCUT2D eigenvalue weighted by molar-refractivity contribution is 5.21. The van der Waals surface area contributed by atoms with Crippen LogP contribution in [0.25, 0.3) is 0 Å². The van der Waals surface area contributed by atoms with Crippen molar-refractivity contribution in [3.8, 4) is 0 Å². The van der Waals surface area contributed by atoms with Crippen LogP contribution in [0.4, 0.5) is 4.39 Å². The van der Waals surface area contributed by atoms with Crippen LogP contribution in [0.5, 0.6) is 0 Å². The molecule has 2 rings (SSSR count). The normalized spacial score (nSPS) is 22.7. The molecule has 1 fully saturated rings. The number of halogens is 1. The average Bonchev–Trinajstić information content (AvgIpc) is 2.55. The monoisotopic (exact) mass is 235 g/mol. The van der Waals surface area contributed by atoms with Crippen molar-refractivity contribution in [3.63, 3.8) is 0 Å². The van der Waals surface area contributed by atoms with Gasteiger partial charge in [-0.15, -0.1) is 0 Å². The Bertz CT molecular complexity index is 344. The Hall–Kier alpha value is -0.890. The first-order valence-corrected chi connectivity index (χ1v) is 6.66. The number of hydrogen-bond donors (Lipinski definition) is 0. The molecule has 0 aliphatic carbocycles. The van der Waals surface area contributed by atoms with Crippen LogP contribution in [-0.4, -0.2) is 24.0 Å². The van der Waals surface area contributed by atoms with Crippen molar-refractivity contribution >= 4 is 0 Å². The Kier molecular flexibility index (Phi) is 4.16. The molecule has 1 aliphatic rings. The summed E-state index contributed by atoms with van der Waals surface area (Å²) in [6.45, 7) is 6.83. The molecule has 0 spiro atoms. The van der Waals surface area contributed by atoms with Gasteiger partial charge in [0.15, 0.2) is 0 Å². The SMILES string of the molecule is CC(C)N1CCCCC(c2ccc(F)cc2)C1. The molecule has 94 valence electrons. The van der Waals surface area contributed by atoms with Crippen LogP contribution >= 0.6 is 0 Å². The Labute approximate surface area is 104 Å². The number of rotatable bonds is 2. The zero-order chi connectivity index (χ0) is 12.3. The second-order valence-corrected chi connectivity index (χ2v) is 5.33. The lowest BCUT2D eigenvalue weighted by atomic mass is 9.94. The van der Waals surface area contributed by atoms with Crippen molar-refractivity contribution in [2.24, 2.45) is 0 Å². The predicted molar refractivity (Wildman–Crippen MR) is 69.7 cm³/mol. The highest BCUT2D eigenvalue weighted by Crippen LogP contribution is 2.27. The minimum absolute atomic E-state index is 0.136. The average molecular weight is 235 g/mol. The first-order chi connectivity index (χ1) is 8.16. The van der Waals surface area contributed by atoms with Crippen LogP contribution in [0.1, 0.15) is 44.6 Å². The third-order valence-corrected chi connectivity index (χ3v) is 3.77. The van der Waals surface area contributed by atoms with Gasteiger partial charge in [-0.25, -0.2) is 4.39 Å². The maximum atomic E-state index is 12.9. The van der Waals surface area contributed by atoms with Gasteiger partial charge in [0.25, 0.3) is 0 Å². The number of hydrogen-bond acceptors (Lipinski definition) is 1. The Balaban J connectivity index is 2.10. The van der Waals surface area contributed by atoms with Gasteiger partial charge in [0, 0.05) is 12.6 Å². The van der Waals surface area contributed by atoms with Crippen LogP contribution in [0, 0.1) is 5.82 Å². The Morgan fingerprint density at radius 1 is 1.18 bits per heavy atom. The van der Waals surface area contributed by atoms with E-state index in [1.54, 1.807) is 12.1 Å². The van der Waals surface area contributed by atoms with E-state index in [0.29, 0.717) is 12.0 Å². The molecular formula is C15H22FN. The molecule has 1 nitrogen and oxygen atoms in total. The first-order valence-electron chi connectivity index (χ1n) is 6.66. The highest BCUT2D eigenvalue weighted by Gasteiger charge is 2.21. The number of likely N-dealkylation sites (tertiary alicyclic amines) is 1. The van der Waals surface area contributed by atoms with E-state index in [9.17, 15) is 4.39 Å². The summed E-state index contributed by atoms with van der Waals surface area (Å²) in [6, 6.07) is 7.67. The summed E-state index contributed by atoms with van der Waals surface area (Å²) in [5.74, 6) is 0.434. The molecule has 1 saturated heterocycles. The molecule has 0 aromatic heterocycles. The van der Waals surface area contributed by atoms with Gasteiger partial charge < -0.3 is 4.90 Å². The smallest absolute Gasteiger partial charge is 0.123 e. The predicted octanol–water partition coefficient (Wildman–Crippen LogP) is 3.80. The summed E-state index contributed by atoms with van der Waals surface area (Å²) in [6.07, 6.45) is 3.80. The van der Waals surface area contributed by atoms with Crippen molar-refractivity contribution in [2.75, 3.05) is 13.1 Å². The molecule has 1 aromatic carbocycles. The Morgan fingerprint density at radius 2 is 1.88 bits per heavy atom. The summed E-state index contributed by atoms with van der Waals surface area (Å²) in [5, 5.41) is 0. The largest absolute Gasteiger partial charge is 0.300 e. The van der Waals surface area contributed by atoms with E-state index in [4.69, 9.17) is 0 Å². The molecule has 0 N–H and O–H groups in total. The summed E-state index contributed by atoms with van der Waals surface area (Å²) in [4.78, 5) is 2.54. The summed E-state index contributed by atoms with van der Waals surface area (Å²) in [7, 11) is 0. The molecule has 0 bridgehead atoms. The van der Waals surface area contributed by atoms with Gasteiger partial charge in [0.2, 0.25) is 0 Å². The van der Waals surface area contributed by atoms with Crippen molar-refractivity contribution in [1.29, 1.82) is 0 Å². The molecular weight excluding hydrogens is 213 g/mol. The van der Waals surface area contributed by atoms with Crippen LogP contribution in [0.15, 0.2) is 24.3 Å².